The Balaban J connectivity index is 0.000000281. The van der Waals surface area contributed by atoms with E-state index in [2.05, 4.69) is 10.6 Å². The van der Waals surface area contributed by atoms with Gasteiger partial charge in [-0.05, 0) is 120 Å². The van der Waals surface area contributed by atoms with E-state index >= 15 is 0 Å². The van der Waals surface area contributed by atoms with Crippen LogP contribution >= 0.6 is 0 Å². The number of Topliss-reactive ketones (excluding diaryl/α,β-unsaturated/α-hetero) is 1. The number of carbonyl (C=O) groups excluding carboxylic acids is 5. The third-order valence-electron chi connectivity index (χ3n) is 11.4. The molecule has 0 fully saturated rings. The van der Waals surface area contributed by atoms with Crippen molar-refractivity contribution < 1.29 is 73.3 Å². The summed E-state index contributed by atoms with van der Waals surface area (Å²) >= 11 is 0. The van der Waals surface area contributed by atoms with Crippen molar-refractivity contribution >= 4 is 51.7 Å². The van der Waals surface area contributed by atoms with E-state index in [0.717, 1.165) is 24.3 Å². The van der Waals surface area contributed by atoms with Crippen molar-refractivity contribution in [2.24, 2.45) is 0 Å². The summed E-state index contributed by atoms with van der Waals surface area (Å²) in [5, 5.41) is 4.76. The zero-order valence-electron chi connectivity index (χ0n) is 42.7. The molecule has 6 rings (SSSR count). The lowest BCUT2D eigenvalue weighted by Crippen LogP contribution is -2.20. The van der Waals surface area contributed by atoms with Gasteiger partial charge in [0.15, 0.2) is 17.3 Å². The van der Waals surface area contributed by atoms with E-state index in [0.29, 0.717) is 66.5 Å². The van der Waals surface area contributed by atoms with Crippen molar-refractivity contribution in [2.45, 2.75) is 64.7 Å². The first kappa shape index (κ1) is 59.4. The standard InChI is InChI=1S/C29H30F4N2O4.C27H28F4N2O4/c1-4-39-27-17-23(36)9-10-24(27)18-7-8-19(25(30)14-18)15-28(38)34-22-13-20(12-21(16-22)29(31,32)33)26(37)6-5-11-35(2)3;1-4-36-25-16-21(34)7-8-23(25)17-5-6-18(24(28)11-17)12-26(35)32-20-13-19(27(29,30)31)14-22(15-20)37-10-9-33(2)3/h7-8,10,12-14,16-17H,4-6,9,11,15H2,1-3H3,(H,34,38);5-6,8,11,13-16H,4,7,9-10,12H2,1-3H3,(H,32,35). The fraction of sp³-hybridized carbons (Fsp3) is 0.339. The number of amides is 2. The lowest BCUT2D eigenvalue weighted by Gasteiger charge is -2.17. The lowest BCUT2D eigenvalue weighted by molar-refractivity contribution is -0.138. The Morgan fingerprint density at radius 1 is 0.592 bits per heavy atom. The average Bonchev–Trinajstić information content (AvgIpc) is 3.32. The van der Waals surface area contributed by atoms with Crippen molar-refractivity contribution in [3.05, 3.63) is 159 Å². The van der Waals surface area contributed by atoms with E-state index in [1.807, 2.05) is 23.9 Å². The van der Waals surface area contributed by atoms with E-state index in [9.17, 15) is 59.1 Å². The Morgan fingerprint density at radius 3 is 1.49 bits per heavy atom. The Kier molecular flexibility index (Phi) is 21.0. The first-order valence-electron chi connectivity index (χ1n) is 24.1. The molecular formula is C56H58F8N4O8. The number of nitrogens with zero attached hydrogens (tertiary/aromatic N) is 2. The second-order valence-corrected chi connectivity index (χ2v) is 18.0. The number of hydrogen-bond donors (Lipinski definition) is 2. The minimum absolute atomic E-state index is 0.0256. The second-order valence-electron chi connectivity index (χ2n) is 18.0. The number of ether oxygens (including phenoxy) is 3. The van der Waals surface area contributed by atoms with Crippen LogP contribution in [0.4, 0.5) is 46.5 Å². The zero-order valence-corrected chi connectivity index (χ0v) is 42.7. The van der Waals surface area contributed by atoms with Crippen LogP contribution in [0.15, 0.2) is 109 Å². The number of ketones is 3. The van der Waals surface area contributed by atoms with Gasteiger partial charge in [0.05, 0.1) is 37.2 Å². The molecule has 0 radical (unpaired) electrons. The molecule has 12 nitrogen and oxygen atoms in total. The van der Waals surface area contributed by atoms with E-state index < -0.39 is 65.6 Å². The molecule has 76 heavy (non-hydrogen) atoms. The van der Waals surface area contributed by atoms with Crippen molar-refractivity contribution in [3.8, 4) is 5.75 Å². The zero-order chi connectivity index (χ0) is 55.9. The number of anilines is 2. The van der Waals surface area contributed by atoms with Crippen LogP contribution in [0.5, 0.6) is 5.75 Å². The van der Waals surface area contributed by atoms with Crippen LogP contribution in [-0.4, -0.2) is 100 Å². The molecule has 0 saturated heterocycles. The summed E-state index contributed by atoms with van der Waals surface area (Å²) in [6.07, 6.45) is -3.37. The number of likely N-dealkylation sites (N-methyl/N-ethyl adjacent to an activating group) is 1. The summed E-state index contributed by atoms with van der Waals surface area (Å²) in [7, 11) is 7.25. The molecule has 0 heterocycles. The Labute approximate surface area is 435 Å². The molecule has 2 amide bonds. The highest BCUT2D eigenvalue weighted by Crippen LogP contribution is 2.36. The number of allylic oxidation sites excluding steroid dienone is 6. The van der Waals surface area contributed by atoms with E-state index in [1.54, 1.807) is 52.2 Å². The molecule has 0 saturated carbocycles. The minimum atomic E-state index is -4.73. The molecule has 4 aromatic rings. The molecular weight excluding hydrogens is 1010 g/mol. The van der Waals surface area contributed by atoms with Crippen LogP contribution < -0.4 is 15.4 Å². The summed E-state index contributed by atoms with van der Waals surface area (Å²) in [6.45, 7) is 5.41. The maximum absolute atomic E-state index is 14.9. The van der Waals surface area contributed by atoms with Crippen LogP contribution in [0.3, 0.4) is 0 Å². The summed E-state index contributed by atoms with van der Waals surface area (Å²) in [5.41, 5.74) is -0.367. The average molecular weight is 1070 g/mol. The van der Waals surface area contributed by atoms with Crippen LogP contribution in [-0.2, 0) is 53.8 Å². The summed E-state index contributed by atoms with van der Waals surface area (Å²) in [5.74, 6) is -2.90. The molecule has 0 aliphatic heterocycles. The number of hydrogen-bond acceptors (Lipinski definition) is 10. The van der Waals surface area contributed by atoms with E-state index in [1.165, 1.54) is 48.6 Å². The topological polar surface area (TPSA) is 144 Å². The van der Waals surface area contributed by atoms with Gasteiger partial charge < -0.3 is 34.6 Å². The van der Waals surface area contributed by atoms with Gasteiger partial charge in [0.2, 0.25) is 11.8 Å². The number of benzene rings is 4. The Bertz CT molecular complexity index is 2920. The number of rotatable bonds is 21. The van der Waals surface area contributed by atoms with Gasteiger partial charge in [0, 0.05) is 72.1 Å². The summed E-state index contributed by atoms with van der Waals surface area (Å²) in [6, 6.07) is 14.1. The maximum atomic E-state index is 14.9. The van der Waals surface area contributed by atoms with Gasteiger partial charge in [-0.15, -0.1) is 0 Å². The first-order valence-corrected chi connectivity index (χ1v) is 24.1. The molecule has 2 aliphatic carbocycles. The van der Waals surface area contributed by atoms with Crippen LogP contribution in [0, 0.1) is 11.6 Å². The van der Waals surface area contributed by atoms with Gasteiger partial charge in [0.25, 0.3) is 0 Å². The lowest BCUT2D eigenvalue weighted by atomic mass is 9.95. The highest BCUT2D eigenvalue weighted by atomic mass is 19.4. The number of alkyl halides is 6. The normalized spacial score (nSPS) is 13.7. The molecule has 0 spiro atoms. The molecule has 0 aromatic heterocycles. The van der Waals surface area contributed by atoms with Crippen LogP contribution in [0.1, 0.15) is 83.3 Å². The number of carbonyl (C=O) groups is 5. The number of nitrogens with one attached hydrogen (secondary N) is 2. The third-order valence-corrected chi connectivity index (χ3v) is 11.4. The van der Waals surface area contributed by atoms with Gasteiger partial charge in [-0.25, -0.2) is 8.78 Å². The fourth-order valence-electron chi connectivity index (χ4n) is 7.70. The monoisotopic (exact) mass is 1070 g/mol. The third kappa shape index (κ3) is 17.9. The van der Waals surface area contributed by atoms with Gasteiger partial charge >= 0.3 is 12.4 Å². The maximum Gasteiger partial charge on any atom is 0.416 e. The Hall–Kier alpha value is -7.45. The highest BCUT2D eigenvalue weighted by molar-refractivity contribution is 6.01. The SMILES string of the molecule is CCOC1=CC(=O)CC=C1c1ccc(CC(=O)Nc2cc(C(=O)CCCN(C)C)cc(C(F)(F)F)c2)c(F)c1.CCOC1=CC(=O)CC=C1c1ccc(CC(=O)Nc2cc(OCCN(C)C)cc(C(F)(F)F)c2)c(F)c1. The molecule has 20 heteroatoms. The predicted octanol–water partition coefficient (Wildman–Crippen LogP) is 11.1. The van der Waals surface area contributed by atoms with Crippen molar-refractivity contribution in [2.75, 3.05) is 71.7 Å². The van der Waals surface area contributed by atoms with E-state index in [4.69, 9.17) is 14.2 Å². The van der Waals surface area contributed by atoms with Gasteiger partial charge in [-0.2, -0.15) is 26.3 Å². The largest absolute Gasteiger partial charge is 0.493 e. The van der Waals surface area contributed by atoms with Crippen molar-refractivity contribution in [1.82, 2.24) is 9.80 Å². The summed E-state index contributed by atoms with van der Waals surface area (Å²) in [4.78, 5) is 64.9. The molecule has 4 aromatic carbocycles. The predicted molar refractivity (Wildman–Crippen MR) is 271 cm³/mol. The van der Waals surface area contributed by atoms with Crippen molar-refractivity contribution in [3.63, 3.8) is 0 Å². The van der Waals surface area contributed by atoms with Crippen LogP contribution in [0.2, 0.25) is 0 Å². The van der Waals surface area contributed by atoms with E-state index in [-0.39, 0.29) is 71.3 Å². The summed E-state index contributed by atoms with van der Waals surface area (Å²) < 4.78 is 127. The van der Waals surface area contributed by atoms with Gasteiger partial charge in [0.1, 0.15) is 35.5 Å². The van der Waals surface area contributed by atoms with Crippen LogP contribution in [0.25, 0.3) is 11.1 Å². The van der Waals surface area contributed by atoms with Crippen molar-refractivity contribution in [1.29, 1.82) is 0 Å². The highest BCUT2D eigenvalue weighted by Gasteiger charge is 2.33. The first-order chi connectivity index (χ1) is 35.8. The Morgan fingerprint density at radius 2 is 1.05 bits per heavy atom. The molecule has 0 bridgehead atoms. The molecule has 2 aliphatic rings. The van der Waals surface area contributed by atoms with Gasteiger partial charge in [-0.1, -0.05) is 36.4 Å². The molecule has 0 atom stereocenters. The number of halogens is 8. The quantitative estimate of drug-likeness (QED) is 0.0611. The fourth-order valence-corrected chi connectivity index (χ4v) is 7.70. The molecule has 2 N–H and O–H groups in total. The molecule has 406 valence electrons. The minimum Gasteiger partial charge on any atom is -0.493 e. The smallest absolute Gasteiger partial charge is 0.416 e. The van der Waals surface area contributed by atoms with Gasteiger partial charge in [-0.3, -0.25) is 24.0 Å². The molecule has 0 unspecified atom stereocenters. The second kappa shape index (κ2) is 26.9.